The van der Waals surface area contributed by atoms with Crippen molar-refractivity contribution in [2.24, 2.45) is 0 Å². The van der Waals surface area contributed by atoms with Gasteiger partial charge in [0.15, 0.2) is 0 Å². The van der Waals surface area contributed by atoms with Crippen molar-refractivity contribution in [1.29, 1.82) is 0 Å². The zero-order valence-electron chi connectivity index (χ0n) is 17.5. The van der Waals surface area contributed by atoms with Crippen LogP contribution in [0, 0.1) is 0 Å². The largest absolute Gasteiger partial charge is 0.403 e. The van der Waals surface area contributed by atoms with Crippen molar-refractivity contribution in [3.63, 3.8) is 0 Å². The van der Waals surface area contributed by atoms with Gasteiger partial charge in [-0.05, 0) is 35.1 Å². The van der Waals surface area contributed by atoms with Gasteiger partial charge in [-0.2, -0.15) is 18.2 Å². The molecule has 2 aromatic carbocycles. The number of fused-ring (bicyclic) bond motifs is 3. The second-order valence-corrected chi connectivity index (χ2v) is 10.3. The first-order chi connectivity index (χ1) is 15.4. The summed E-state index contributed by atoms with van der Waals surface area (Å²) in [5, 5.41) is 12.7. The molecule has 0 radical (unpaired) electrons. The van der Waals surface area contributed by atoms with Crippen molar-refractivity contribution in [3.8, 4) is 11.1 Å². The average Bonchev–Trinajstić information content (AvgIpc) is 3.36. The van der Waals surface area contributed by atoms with Gasteiger partial charge in [-0.3, -0.25) is 0 Å². The van der Waals surface area contributed by atoms with E-state index < -0.39 is 18.1 Å². The summed E-state index contributed by atoms with van der Waals surface area (Å²) >= 11 is 3.37. The highest BCUT2D eigenvalue weighted by Crippen LogP contribution is 2.51. The highest BCUT2D eigenvalue weighted by atomic mass is 32.2. The van der Waals surface area contributed by atoms with E-state index in [1.54, 1.807) is 29.3 Å². The fourth-order valence-corrected chi connectivity index (χ4v) is 6.36. The number of hydrogen-bond acceptors (Lipinski definition) is 5. The van der Waals surface area contributed by atoms with Crippen LogP contribution in [0.15, 0.2) is 64.4 Å². The zero-order valence-corrected chi connectivity index (χ0v) is 19.1. The highest BCUT2D eigenvalue weighted by molar-refractivity contribution is 8.00. The molecule has 0 saturated carbocycles. The van der Waals surface area contributed by atoms with E-state index in [0.717, 1.165) is 51.6 Å². The van der Waals surface area contributed by atoms with Crippen LogP contribution in [0.25, 0.3) is 11.1 Å². The Balaban J connectivity index is 1.53. The van der Waals surface area contributed by atoms with Crippen molar-refractivity contribution in [2.75, 3.05) is 18.8 Å². The number of halogens is 3. The molecule has 0 aliphatic heterocycles. The first-order valence-corrected chi connectivity index (χ1v) is 12.5. The lowest BCUT2D eigenvalue weighted by molar-refractivity contribution is -0.212. The van der Waals surface area contributed by atoms with Crippen LogP contribution in [-0.4, -0.2) is 40.3 Å². The lowest BCUT2D eigenvalue weighted by atomic mass is 9.74. The Kier molecular flexibility index (Phi) is 7.24. The predicted molar refractivity (Wildman–Crippen MR) is 123 cm³/mol. The van der Waals surface area contributed by atoms with Gasteiger partial charge >= 0.3 is 6.18 Å². The second kappa shape index (κ2) is 9.95. The molecule has 0 atom stereocenters. The monoisotopic (exact) mass is 478 g/mol. The first-order valence-electron chi connectivity index (χ1n) is 10.6. The maximum atomic E-state index is 13.0. The number of thiazole rings is 1. The van der Waals surface area contributed by atoms with E-state index in [0.29, 0.717) is 11.5 Å². The van der Waals surface area contributed by atoms with Gasteiger partial charge in [-0.25, -0.2) is 4.98 Å². The molecule has 1 heterocycles. The number of thioether (sulfide) groups is 1. The topological polar surface area (TPSA) is 36.4 Å². The normalized spacial score (nSPS) is 14.5. The number of alkyl halides is 3. The maximum Gasteiger partial charge on any atom is 0.403 e. The molecule has 32 heavy (non-hydrogen) atoms. The highest BCUT2D eigenvalue weighted by Gasteiger charge is 2.45. The van der Waals surface area contributed by atoms with Crippen LogP contribution in [0.5, 0.6) is 0 Å². The van der Waals surface area contributed by atoms with E-state index in [1.165, 1.54) is 0 Å². The van der Waals surface area contributed by atoms with Crippen molar-refractivity contribution in [3.05, 3.63) is 71.2 Å². The van der Waals surface area contributed by atoms with Crippen molar-refractivity contribution >= 4 is 23.1 Å². The van der Waals surface area contributed by atoms with E-state index in [2.05, 4.69) is 4.98 Å². The molecule has 0 unspecified atom stereocenters. The number of benzene rings is 2. The van der Waals surface area contributed by atoms with Gasteiger partial charge in [0.05, 0.1) is 0 Å². The van der Waals surface area contributed by atoms with E-state index in [-0.39, 0.29) is 6.54 Å². The van der Waals surface area contributed by atoms with E-state index in [1.807, 2.05) is 53.9 Å². The third-order valence-corrected chi connectivity index (χ3v) is 7.92. The Morgan fingerprint density at radius 3 is 2.22 bits per heavy atom. The summed E-state index contributed by atoms with van der Waals surface area (Å²) in [4.78, 5) is 4.28. The van der Waals surface area contributed by atoms with Gasteiger partial charge in [-0.15, -0.1) is 11.3 Å². The Labute approximate surface area is 194 Å². The first kappa shape index (κ1) is 23.3. The van der Waals surface area contributed by atoms with E-state index >= 15 is 0 Å². The lowest BCUT2D eigenvalue weighted by Gasteiger charge is -2.35. The van der Waals surface area contributed by atoms with Gasteiger partial charge in [0.1, 0.15) is 10.9 Å². The van der Waals surface area contributed by atoms with Crippen LogP contribution >= 0.6 is 23.1 Å². The van der Waals surface area contributed by atoms with Crippen LogP contribution in [0.4, 0.5) is 13.2 Å². The molecule has 4 rings (SSSR count). The molecular formula is C24H25F3N2OS2. The summed E-state index contributed by atoms with van der Waals surface area (Å²) in [7, 11) is 0. The number of nitrogens with zero attached hydrogens (tertiary/aromatic N) is 2. The molecule has 1 aromatic heterocycles. The fourth-order valence-electron chi connectivity index (χ4n) is 4.66. The van der Waals surface area contributed by atoms with Crippen LogP contribution in [-0.2, 0) is 5.41 Å². The summed E-state index contributed by atoms with van der Waals surface area (Å²) in [5.41, 5.74) is 3.42. The van der Waals surface area contributed by atoms with Crippen molar-refractivity contribution in [2.45, 2.75) is 41.6 Å². The Hall–Kier alpha value is -1.87. The summed E-state index contributed by atoms with van der Waals surface area (Å²) in [6.45, 7) is -1.43. The molecule has 8 heteroatoms. The zero-order chi connectivity index (χ0) is 22.6. The third-order valence-electron chi connectivity index (χ3n) is 5.87. The molecule has 0 amide bonds. The van der Waals surface area contributed by atoms with Gasteiger partial charge in [0.2, 0.25) is 0 Å². The van der Waals surface area contributed by atoms with Gasteiger partial charge in [0.25, 0.3) is 0 Å². The molecular weight excluding hydrogens is 453 g/mol. The number of unbranched alkanes of at least 4 members (excludes halogenated alkanes) is 2. The van der Waals surface area contributed by atoms with Crippen molar-refractivity contribution < 1.29 is 18.4 Å². The van der Waals surface area contributed by atoms with Crippen LogP contribution < -0.4 is 0 Å². The number of aromatic nitrogens is 1. The fraction of sp³-hybridized carbons (Fsp3) is 0.375. The summed E-state index contributed by atoms with van der Waals surface area (Å²) in [6, 6.07) is 15.8. The Morgan fingerprint density at radius 2 is 1.62 bits per heavy atom. The minimum atomic E-state index is -4.46. The Morgan fingerprint density at radius 1 is 0.969 bits per heavy atom. The lowest BCUT2D eigenvalue weighted by Crippen LogP contribution is -2.43. The van der Waals surface area contributed by atoms with Crippen LogP contribution in [0.2, 0.25) is 0 Å². The molecule has 3 aromatic rings. The standard InChI is InChI=1S/C24H25F3N2OS2/c25-24(26,27)17-29(30)16-23(12-6-1-7-14-31-22-28-13-15-32-22)20-10-4-2-8-18(20)19-9-3-5-11-21(19)23/h2-5,8-11,13,15,30H,1,6-7,12,14,16-17H2. The molecule has 0 fully saturated rings. The molecule has 1 N–H and O–H groups in total. The van der Waals surface area contributed by atoms with E-state index in [9.17, 15) is 18.4 Å². The molecule has 3 nitrogen and oxygen atoms in total. The SMILES string of the molecule is ON(CC(F)(F)F)CC1(CCCCCSc2nccs2)c2ccccc2-c2ccccc21. The minimum Gasteiger partial charge on any atom is -0.314 e. The number of rotatable bonds is 10. The predicted octanol–water partition coefficient (Wildman–Crippen LogP) is 7.02. The molecule has 0 bridgehead atoms. The smallest absolute Gasteiger partial charge is 0.314 e. The van der Waals surface area contributed by atoms with Crippen LogP contribution in [0.1, 0.15) is 36.8 Å². The molecule has 0 saturated heterocycles. The van der Waals surface area contributed by atoms with Crippen LogP contribution in [0.3, 0.4) is 0 Å². The summed E-state index contributed by atoms with van der Waals surface area (Å²) in [5.74, 6) is 0.966. The quantitative estimate of drug-likeness (QED) is 0.193. The maximum absolute atomic E-state index is 13.0. The second-order valence-electron chi connectivity index (χ2n) is 8.07. The minimum absolute atomic E-state index is 0.0889. The molecule has 0 spiro atoms. The Bertz CT molecular complexity index is 979. The molecule has 1 aliphatic rings. The van der Waals surface area contributed by atoms with Gasteiger partial charge in [-0.1, -0.05) is 73.1 Å². The third kappa shape index (κ3) is 5.20. The van der Waals surface area contributed by atoms with Gasteiger partial charge in [0, 0.05) is 29.3 Å². The summed E-state index contributed by atoms with van der Waals surface area (Å²) in [6.07, 6.45) is 0.858. The molecule has 1 aliphatic carbocycles. The van der Waals surface area contributed by atoms with Gasteiger partial charge < -0.3 is 5.21 Å². The number of hydroxylamine groups is 2. The average molecular weight is 479 g/mol. The van der Waals surface area contributed by atoms with E-state index in [4.69, 9.17) is 0 Å². The van der Waals surface area contributed by atoms with Crippen molar-refractivity contribution in [1.82, 2.24) is 10.0 Å². The molecule has 170 valence electrons. The summed E-state index contributed by atoms with van der Waals surface area (Å²) < 4.78 is 40.0. The number of hydrogen-bond donors (Lipinski definition) is 1.